The van der Waals surface area contributed by atoms with E-state index in [1.54, 1.807) is 29.2 Å². The quantitative estimate of drug-likeness (QED) is 0.718. The molecular formula is C18H19N5O2. The minimum Gasteiger partial charge on any atom is -0.395 e. The first-order valence-electron chi connectivity index (χ1n) is 7.86. The molecule has 128 valence electrons. The molecular weight excluding hydrogens is 318 g/mol. The van der Waals surface area contributed by atoms with E-state index in [0.717, 1.165) is 11.4 Å². The summed E-state index contributed by atoms with van der Waals surface area (Å²) < 4.78 is 1.60. The van der Waals surface area contributed by atoms with Crippen molar-refractivity contribution in [2.24, 2.45) is 0 Å². The highest BCUT2D eigenvalue weighted by Crippen LogP contribution is 2.18. The van der Waals surface area contributed by atoms with E-state index in [2.05, 4.69) is 15.4 Å². The van der Waals surface area contributed by atoms with Crippen LogP contribution in [-0.2, 0) is 0 Å². The van der Waals surface area contributed by atoms with Crippen LogP contribution in [0.4, 0.5) is 11.4 Å². The van der Waals surface area contributed by atoms with E-state index >= 15 is 0 Å². The van der Waals surface area contributed by atoms with Gasteiger partial charge in [0.1, 0.15) is 12.7 Å². The van der Waals surface area contributed by atoms with Crippen molar-refractivity contribution < 1.29 is 9.90 Å². The Balaban J connectivity index is 1.71. The number of amides is 1. The van der Waals surface area contributed by atoms with E-state index in [1.165, 1.54) is 6.33 Å². The zero-order valence-corrected chi connectivity index (χ0v) is 13.8. The molecule has 0 spiro atoms. The fourth-order valence-corrected chi connectivity index (χ4v) is 2.41. The van der Waals surface area contributed by atoms with E-state index in [4.69, 9.17) is 5.11 Å². The number of nitrogens with one attached hydrogen (secondary N) is 1. The van der Waals surface area contributed by atoms with Gasteiger partial charge >= 0.3 is 0 Å². The maximum absolute atomic E-state index is 12.5. The molecule has 0 atom stereocenters. The summed E-state index contributed by atoms with van der Waals surface area (Å²) >= 11 is 0. The molecule has 0 aliphatic heterocycles. The van der Waals surface area contributed by atoms with E-state index in [-0.39, 0.29) is 12.5 Å². The third-order valence-corrected chi connectivity index (χ3v) is 3.79. The van der Waals surface area contributed by atoms with Crippen molar-refractivity contribution in [2.45, 2.75) is 0 Å². The monoisotopic (exact) mass is 337 g/mol. The lowest BCUT2D eigenvalue weighted by Gasteiger charge is -2.18. The van der Waals surface area contributed by atoms with Crippen molar-refractivity contribution in [1.82, 2.24) is 14.8 Å². The first-order chi connectivity index (χ1) is 12.2. The van der Waals surface area contributed by atoms with E-state index in [0.29, 0.717) is 17.8 Å². The summed E-state index contributed by atoms with van der Waals surface area (Å²) in [6.45, 7) is 0.651. The van der Waals surface area contributed by atoms with Gasteiger partial charge in [-0.25, -0.2) is 9.67 Å². The number of hydrogen-bond acceptors (Lipinski definition) is 5. The molecule has 0 aliphatic carbocycles. The van der Waals surface area contributed by atoms with Crippen molar-refractivity contribution in [2.75, 3.05) is 30.4 Å². The number of hydrogen-bond donors (Lipinski definition) is 2. The summed E-state index contributed by atoms with van der Waals surface area (Å²) in [5.74, 6) is -0.196. The van der Waals surface area contributed by atoms with Crippen LogP contribution in [0.5, 0.6) is 0 Å². The van der Waals surface area contributed by atoms with Gasteiger partial charge in [0.05, 0.1) is 12.3 Å². The second kappa shape index (κ2) is 7.59. The molecule has 0 radical (unpaired) electrons. The van der Waals surface area contributed by atoms with Gasteiger partial charge in [0.25, 0.3) is 5.91 Å². The SMILES string of the molecule is CN(CCO)c1ccc(NC(=O)c2cccc(-n3cncn3)c2)cc1. The summed E-state index contributed by atoms with van der Waals surface area (Å²) in [7, 11) is 1.90. The summed E-state index contributed by atoms with van der Waals surface area (Å²) in [4.78, 5) is 18.3. The number of aliphatic hydroxyl groups is 1. The molecule has 7 heteroatoms. The number of carbonyl (C=O) groups is 1. The highest BCUT2D eigenvalue weighted by Gasteiger charge is 2.08. The lowest BCUT2D eigenvalue weighted by Crippen LogP contribution is -2.21. The lowest BCUT2D eigenvalue weighted by molar-refractivity contribution is 0.102. The highest BCUT2D eigenvalue weighted by molar-refractivity contribution is 6.04. The maximum atomic E-state index is 12.5. The lowest BCUT2D eigenvalue weighted by atomic mass is 10.2. The molecule has 0 fully saturated rings. The zero-order chi connectivity index (χ0) is 17.6. The molecule has 0 saturated carbocycles. The van der Waals surface area contributed by atoms with Crippen molar-refractivity contribution in [3.05, 3.63) is 66.7 Å². The van der Waals surface area contributed by atoms with Crippen LogP contribution in [0.2, 0.25) is 0 Å². The average Bonchev–Trinajstić information content (AvgIpc) is 3.17. The smallest absolute Gasteiger partial charge is 0.255 e. The first kappa shape index (κ1) is 16.7. The Morgan fingerprint density at radius 2 is 2.04 bits per heavy atom. The predicted octanol–water partition coefficient (Wildman–Crippen LogP) is 1.95. The van der Waals surface area contributed by atoms with Gasteiger partial charge in [0, 0.05) is 30.5 Å². The standard InChI is InChI=1S/C18H19N5O2/c1-22(9-10-24)16-7-5-15(6-8-16)21-18(25)14-3-2-4-17(11-14)23-13-19-12-20-23/h2-8,11-13,24H,9-10H2,1H3,(H,21,25). The first-order valence-corrected chi connectivity index (χ1v) is 7.86. The number of rotatable bonds is 6. The molecule has 2 N–H and O–H groups in total. The van der Waals surface area contributed by atoms with Gasteiger partial charge in [0.15, 0.2) is 0 Å². The van der Waals surface area contributed by atoms with Gasteiger partial charge in [0.2, 0.25) is 0 Å². The Labute approximate surface area is 145 Å². The van der Waals surface area contributed by atoms with Crippen molar-refractivity contribution in [1.29, 1.82) is 0 Å². The summed E-state index contributed by atoms with van der Waals surface area (Å²) in [6.07, 6.45) is 3.03. The number of benzene rings is 2. The summed E-state index contributed by atoms with van der Waals surface area (Å²) in [5, 5.41) is 15.9. The van der Waals surface area contributed by atoms with Crippen molar-refractivity contribution in [3.8, 4) is 5.69 Å². The molecule has 2 aromatic carbocycles. The van der Waals surface area contributed by atoms with Gasteiger partial charge in [-0.15, -0.1) is 0 Å². The van der Waals surface area contributed by atoms with E-state index < -0.39 is 0 Å². The Bertz CT molecular complexity index is 831. The van der Waals surface area contributed by atoms with Crippen LogP contribution in [0.1, 0.15) is 10.4 Å². The Morgan fingerprint density at radius 3 is 2.72 bits per heavy atom. The van der Waals surface area contributed by atoms with Crippen LogP contribution in [0.25, 0.3) is 5.69 Å². The molecule has 1 heterocycles. The molecule has 3 rings (SSSR count). The maximum Gasteiger partial charge on any atom is 0.255 e. The second-order valence-electron chi connectivity index (χ2n) is 5.54. The fraction of sp³-hybridized carbons (Fsp3) is 0.167. The normalized spacial score (nSPS) is 10.5. The predicted molar refractivity (Wildman–Crippen MR) is 96.1 cm³/mol. The largest absolute Gasteiger partial charge is 0.395 e. The molecule has 0 aliphatic rings. The molecule has 25 heavy (non-hydrogen) atoms. The number of likely N-dealkylation sites (N-methyl/N-ethyl adjacent to an activating group) is 1. The number of nitrogens with zero attached hydrogens (tertiary/aromatic N) is 4. The molecule has 0 bridgehead atoms. The molecule has 3 aromatic rings. The Hall–Kier alpha value is -3.19. The molecule has 1 amide bonds. The van der Waals surface area contributed by atoms with Crippen LogP contribution in [0.3, 0.4) is 0 Å². The highest BCUT2D eigenvalue weighted by atomic mass is 16.3. The topological polar surface area (TPSA) is 83.3 Å². The van der Waals surface area contributed by atoms with Crippen LogP contribution in [-0.4, -0.2) is 46.0 Å². The fourth-order valence-electron chi connectivity index (χ4n) is 2.41. The molecule has 0 saturated heterocycles. The van der Waals surface area contributed by atoms with Crippen LogP contribution >= 0.6 is 0 Å². The molecule has 0 unspecified atom stereocenters. The number of aliphatic hydroxyl groups excluding tert-OH is 1. The summed E-state index contributed by atoms with van der Waals surface area (Å²) in [6, 6.07) is 14.6. The summed E-state index contributed by atoms with van der Waals surface area (Å²) in [5.41, 5.74) is 2.98. The van der Waals surface area contributed by atoms with Crippen LogP contribution < -0.4 is 10.2 Å². The van der Waals surface area contributed by atoms with E-state index in [9.17, 15) is 4.79 Å². The van der Waals surface area contributed by atoms with Crippen LogP contribution in [0.15, 0.2) is 61.2 Å². The minimum atomic E-state index is -0.196. The van der Waals surface area contributed by atoms with Gasteiger partial charge < -0.3 is 15.3 Å². The van der Waals surface area contributed by atoms with Crippen LogP contribution in [0, 0.1) is 0 Å². The molecule has 1 aromatic heterocycles. The zero-order valence-electron chi connectivity index (χ0n) is 13.8. The third-order valence-electron chi connectivity index (χ3n) is 3.79. The number of anilines is 2. The Morgan fingerprint density at radius 1 is 1.24 bits per heavy atom. The van der Waals surface area contributed by atoms with Gasteiger partial charge in [-0.3, -0.25) is 4.79 Å². The number of aromatic nitrogens is 3. The van der Waals surface area contributed by atoms with E-state index in [1.807, 2.05) is 42.3 Å². The average molecular weight is 337 g/mol. The minimum absolute atomic E-state index is 0.0943. The second-order valence-corrected chi connectivity index (χ2v) is 5.54. The van der Waals surface area contributed by atoms with Gasteiger partial charge in [-0.1, -0.05) is 6.07 Å². The Kier molecular flexibility index (Phi) is 5.06. The van der Waals surface area contributed by atoms with Gasteiger partial charge in [-0.05, 0) is 42.5 Å². The van der Waals surface area contributed by atoms with Crippen molar-refractivity contribution >= 4 is 17.3 Å². The third kappa shape index (κ3) is 4.02. The number of carbonyl (C=O) groups excluding carboxylic acids is 1. The molecule has 7 nitrogen and oxygen atoms in total. The van der Waals surface area contributed by atoms with Crippen molar-refractivity contribution in [3.63, 3.8) is 0 Å². The van der Waals surface area contributed by atoms with Gasteiger partial charge in [-0.2, -0.15) is 5.10 Å².